The molecule has 1 aromatic rings. The molecule has 0 fully saturated rings. The molecule has 15 heavy (non-hydrogen) atoms. The summed E-state index contributed by atoms with van der Waals surface area (Å²) in [5, 5.41) is 3.21. The van der Waals surface area contributed by atoms with E-state index in [2.05, 4.69) is 16.9 Å². The highest BCUT2D eigenvalue weighted by atomic mass is 35.5. The highest BCUT2D eigenvalue weighted by Gasteiger charge is 2.11. The molecule has 3 nitrogen and oxygen atoms in total. The van der Waals surface area contributed by atoms with Crippen molar-refractivity contribution in [3.05, 3.63) is 41.7 Å². The lowest BCUT2D eigenvalue weighted by Gasteiger charge is -2.11. The molecule has 1 atom stereocenters. The summed E-state index contributed by atoms with van der Waals surface area (Å²) >= 11 is 5.86. The zero-order chi connectivity index (χ0) is 11.3. The molecule has 0 aromatic carbocycles. The molecular weight excluding hydrogens is 212 g/mol. The van der Waals surface area contributed by atoms with E-state index in [1.165, 1.54) is 6.20 Å². The Labute approximate surface area is 94.2 Å². The van der Waals surface area contributed by atoms with Crippen LogP contribution in [0.2, 0.25) is 5.02 Å². The van der Waals surface area contributed by atoms with Gasteiger partial charge in [-0.3, -0.25) is 9.78 Å². The van der Waals surface area contributed by atoms with E-state index in [0.29, 0.717) is 10.6 Å². The molecule has 80 valence electrons. The lowest BCUT2D eigenvalue weighted by molar-refractivity contribution is 0.0940. The van der Waals surface area contributed by atoms with Gasteiger partial charge in [-0.2, -0.15) is 0 Å². The molecule has 0 saturated carbocycles. The molecule has 0 radical (unpaired) electrons. The maximum Gasteiger partial charge on any atom is 0.254 e. The van der Waals surface area contributed by atoms with E-state index in [4.69, 9.17) is 11.6 Å². The Hall–Kier alpha value is -1.35. The minimum absolute atomic E-state index is 0.0475. The molecule has 0 spiro atoms. The van der Waals surface area contributed by atoms with Crippen LogP contribution < -0.4 is 5.32 Å². The number of hydrogen-bond donors (Lipinski definition) is 1. The van der Waals surface area contributed by atoms with Crippen LogP contribution in [0, 0.1) is 0 Å². The summed E-state index contributed by atoms with van der Waals surface area (Å²) in [6.45, 7) is 5.52. The molecule has 1 amide bonds. The molecule has 1 N–H and O–H groups in total. The first-order valence-electron chi connectivity index (χ1n) is 4.66. The highest BCUT2D eigenvalue weighted by Crippen LogP contribution is 2.13. The fourth-order valence-corrected chi connectivity index (χ4v) is 1.35. The van der Waals surface area contributed by atoms with Gasteiger partial charge in [-0.15, -0.1) is 6.58 Å². The van der Waals surface area contributed by atoms with E-state index < -0.39 is 0 Å². The van der Waals surface area contributed by atoms with Gasteiger partial charge in [-0.1, -0.05) is 17.7 Å². The Balaban J connectivity index is 2.69. The molecule has 0 aliphatic heterocycles. The molecule has 0 bridgehead atoms. The first-order valence-corrected chi connectivity index (χ1v) is 5.04. The zero-order valence-electron chi connectivity index (χ0n) is 8.53. The second-order valence-electron chi connectivity index (χ2n) is 3.25. The van der Waals surface area contributed by atoms with Gasteiger partial charge in [-0.25, -0.2) is 0 Å². The molecule has 1 aromatic heterocycles. The van der Waals surface area contributed by atoms with Crippen LogP contribution in [0.1, 0.15) is 23.7 Å². The Morgan fingerprint density at radius 3 is 3.13 bits per heavy atom. The van der Waals surface area contributed by atoms with E-state index in [0.717, 1.165) is 6.42 Å². The lowest BCUT2D eigenvalue weighted by atomic mass is 10.2. The fraction of sp³-hybridized carbons (Fsp3) is 0.273. The average Bonchev–Trinajstić information content (AvgIpc) is 2.18. The number of hydrogen-bond acceptors (Lipinski definition) is 2. The van der Waals surface area contributed by atoms with Gasteiger partial charge >= 0.3 is 0 Å². The van der Waals surface area contributed by atoms with Crippen LogP contribution in [0.25, 0.3) is 0 Å². The van der Waals surface area contributed by atoms with Crippen molar-refractivity contribution in [3.63, 3.8) is 0 Å². The van der Waals surface area contributed by atoms with Crippen molar-refractivity contribution in [2.45, 2.75) is 19.4 Å². The maximum absolute atomic E-state index is 11.7. The number of halogens is 1. The van der Waals surface area contributed by atoms with Crippen molar-refractivity contribution in [2.24, 2.45) is 0 Å². The van der Waals surface area contributed by atoms with Crippen molar-refractivity contribution >= 4 is 17.5 Å². The van der Waals surface area contributed by atoms with Crippen LogP contribution in [0.15, 0.2) is 31.1 Å². The third kappa shape index (κ3) is 3.36. The second-order valence-corrected chi connectivity index (χ2v) is 3.66. The maximum atomic E-state index is 11.7. The number of rotatable bonds is 4. The van der Waals surface area contributed by atoms with Crippen LogP contribution in [-0.2, 0) is 0 Å². The molecule has 1 unspecified atom stereocenters. The summed E-state index contributed by atoms with van der Waals surface area (Å²) < 4.78 is 0. The molecule has 0 aliphatic rings. The number of nitrogens with one attached hydrogen (secondary N) is 1. The Morgan fingerprint density at radius 2 is 2.53 bits per heavy atom. The largest absolute Gasteiger partial charge is 0.349 e. The predicted molar refractivity (Wildman–Crippen MR) is 61.0 cm³/mol. The first-order chi connectivity index (χ1) is 7.15. The SMILES string of the molecule is C=CCC(C)NC(=O)c1cnccc1Cl. The van der Waals surface area contributed by atoms with Crippen molar-refractivity contribution in [3.8, 4) is 0 Å². The summed E-state index contributed by atoms with van der Waals surface area (Å²) in [6.07, 6.45) is 5.49. The van der Waals surface area contributed by atoms with Gasteiger partial charge in [-0.05, 0) is 19.4 Å². The van der Waals surface area contributed by atoms with Gasteiger partial charge < -0.3 is 5.32 Å². The topological polar surface area (TPSA) is 42.0 Å². The summed E-state index contributed by atoms with van der Waals surface area (Å²) in [5.41, 5.74) is 0.398. The van der Waals surface area contributed by atoms with E-state index >= 15 is 0 Å². The van der Waals surface area contributed by atoms with E-state index in [1.54, 1.807) is 18.3 Å². The normalized spacial score (nSPS) is 11.9. The number of carbonyl (C=O) groups excluding carboxylic acids is 1. The molecular formula is C11H13ClN2O. The summed E-state index contributed by atoms with van der Waals surface area (Å²) in [6, 6.07) is 1.64. The third-order valence-corrected chi connectivity index (χ3v) is 2.24. The molecule has 4 heteroatoms. The van der Waals surface area contributed by atoms with Crippen LogP contribution in [0.3, 0.4) is 0 Å². The van der Waals surface area contributed by atoms with Gasteiger partial charge in [0.25, 0.3) is 5.91 Å². The Morgan fingerprint density at radius 1 is 1.80 bits per heavy atom. The van der Waals surface area contributed by atoms with Gasteiger partial charge in [0.15, 0.2) is 0 Å². The summed E-state index contributed by atoms with van der Waals surface area (Å²) in [4.78, 5) is 15.5. The standard InChI is InChI=1S/C11H13ClN2O/c1-3-4-8(2)14-11(15)9-7-13-6-5-10(9)12/h3,5-8H,1,4H2,2H3,(H,14,15). The Kier molecular flexibility index (Phi) is 4.31. The molecule has 0 aliphatic carbocycles. The lowest BCUT2D eigenvalue weighted by Crippen LogP contribution is -2.32. The van der Waals surface area contributed by atoms with Gasteiger partial charge in [0.2, 0.25) is 0 Å². The zero-order valence-corrected chi connectivity index (χ0v) is 9.29. The van der Waals surface area contributed by atoms with Crippen LogP contribution in [-0.4, -0.2) is 16.9 Å². The number of nitrogens with zero attached hydrogens (tertiary/aromatic N) is 1. The van der Waals surface area contributed by atoms with Gasteiger partial charge in [0.05, 0.1) is 10.6 Å². The van der Waals surface area contributed by atoms with Crippen molar-refractivity contribution in [2.75, 3.05) is 0 Å². The van der Waals surface area contributed by atoms with Crippen molar-refractivity contribution in [1.82, 2.24) is 10.3 Å². The number of pyridine rings is 1. The number of amides is 1. The summed E-state index contributed by atoms with van der Waals surface area (Å²) in [5.74, 6) is -0.206. The first kappa shape index (κ1) is 11.7. The Bertz CT molecular complexity index is 365. The number of aromatic nitrogens is 1. The third-order valence-electron chi connectivity index (χ3n) is 1.91. The molecule has 0 saturated heterocycles. The van der Waals surface area contributed by atoms with E-state index in [1.807, 2.05) is 6.92 Å². The fourth-order valence-electron chi connectivity index (χ4n) is 1.16. The minimum atomic E-state index is -0.206. The quantitative estimate of drug-likeness (QED) is 0.799. The van der Waals surface area contributed by atoms with E-state index in [9.17, 15) is 4.79 Å². The summed E-state index contributed by atoms with van der Waals surface area (Å²) in [7, 11) is 0. The van der Waals surface area contributed by atoms with Crippen LogP contribution >= 0.6 is 11.6 Å². The second kappa shape index (κ2) is 5.51. The predicted octanol–water partition coefficient (Wildman–Crippen LogP) is 2.43. The smallest absolute Gasteiger partial charge is 0.254 e. The molecule has 1 rings (SSSR count). The monoisotopic (exact) mass is 224 g/mol. The van der Waals surface area contributed by atoms with Crippen LogP contribution in [0.5, 0.6) is 0 Å². The van der Waals surface area contributed by atoms with Crippen molar-refractivity contribution in [1.29, 1.82) is 0 Å². The van der Waals surface area contributed by atoms with E-state index in [-0.39, 0.29) is 11.9 Å². The average molecular weight is 225 g/mol. The highest BCUT2D eigenvalue weighted by molar-refractivity contribution is 6.33. The van der Waals surface area contributed by atoms with Gasteiger partial charge in [0, 0.05) is 18.4 Å². The van der Waals surface area contributed by atoms with Gasteiger partial charge in [0.1, 0.15) is 0 Å². The van der Waals surface area contributed by atoms with Crippen molar-refractivity contribution < 1.29 is 4.79 Å². The number of carbonyl (C=O) groups is 1. The molecule has 1 heterocycles. The van der Waals surface area contributed by atoms with Crippen LogP contribution in [0.4, 0.5) is 0 Å². The minimum Gasteiger partial charge on any atom is -0.349 e.